The number of benzene rings is 3. The number of hydrogen-bond acceptors (Lipinski definition) is 2. The topological polar surface area (TPSA) is 38.3 Å². The van der Waals surface area contributed by atoms with E-state index in [1.807, 2.05) is 24.3 Å². The third kappa shape index (κ3) is 5.75. The van der Waals surface area contributed by atoms with Gasteiger partial charge < -0.3 is 10.1 Å². The number of nitrogens with one attached hydrogen (secondary N) is 1. The van der Waals surface area contributed by atoms with Crippen molar-refractivity contribution in [1.29, 1.82) is 0 Å². The number of hydrogen-bond donors (Lipinski definition) is 1. The van der Waals surface area contributed by atoms with Crippen LogP contribution in [0.1, 0.15) is 18.4 Å². The van der Waals surface area contributed by atoms with Crippen molar-refractivity contribution in [1.82, 2.24) is 5.32 Å². The Morgan fingerprint density at radius 2 is 1.52 bits per heavy atom. The Hall–Kier alpha value is -1.46. The lowest BCUT2D eigenvalue weighted by molar-refractivity contribution is 0.140. The number of amides is 1. The highest BCUT2D eigenvalue weighted by molar-refractivity contribution is 7.64. The molecule has 0 saturated heterocycles. The summed E-state index contributed by atoms with van der Waals surface area (Å²) in [6.07, 6.45) is 1.10. The van der Waals surface area contributed by atoms with Gasteiger partial charge in [0.25, 0.3) is 0 Å². The Balaban J connectivity index is 1.63. The summed E-state index contributed by atoms with van der Waals surface area (Å²) in [5.74, 6) is 0. The molecule has 3 rings (SSSR count). The van der Waals surface area contributed by atoms with Gasteiger partial charge in [0.2, 0.25) is 0 Å². The van der Waals surface area contributed by atoms with Crippen LogP contribution in [0.25, 0.3) is 21.5 Å². The standard InChI is InChI=1S/C20H20Cl3NO2Si/c21-27(22,23)12-6-5-11-24-20(25)26-14-19-17-9-3-1-7-15(17)13-16-8-2-4-10-18(16)19/h1-4,7-10,13H,5-6,11-12,14H2,(H,24,25). The molecule has 3 aromatic carbocycles. The van der Waals surface area contributed by atoms with E-state index in [1.165, 1.54) is 0 Å². The first-order valence-electron chi connectivity index (χ1n) is 8.81. The SMILES string of the molecule is O=C(NCCCC[Si](Cl)(Cl)Cl)OCc1c2ccccc2cc2ccccc12. The van der Waals surface area contributed by atoms with E-state index in [4.69, 9.17) is 38.0 Å². The molecule has 0 bridgehead atoms. The van der Waals surface area contributed by atoms with Crippen LogP contribution in [-0.4, -0.2) is 18.6 Å². The van der Waals surface area contributed by atoms with Gasteiger partial charge in [-0.3, -0.25) is 0 Å². The molecule has 1 amide bonds. The van der Waals surface area contributed by atoms with E-state index >= 15 is 0 Å². The second-order valence-electron chi connectivity index (χ2n) is 6.37. The van der Waals surface area contributed by atoms with Crippen LogP contribution in [0.4, 0.5) is 4.79 Å². The molecule has 27 heavy (non-hydrogen) atoms. The molecular formula is C20H20Cl3NO2Si. The number of alkyl carbamates (subject to hydrolysis) is 1. The third-order valence-corrected chi connectivity index (χ3v) is 7.01. The molecule has 142 valence electrons. The van der Waals surface area contributed by atoms with Crippen molar-refractivity contribution in [3.05, 3.63) is 60.2 Å². The van der Waals surface area contributed by atoms with E-state index in [2.05, 4.69) is 35.6 Å². The average molecular weight is 441 g/mol. The van der Waals surface area contributed by atoms with E-state index in [-0.39, 0.29) is 6.61 Å². The molecule has 0 unspecified atom stereocenters. The van der Waals surface area contributed by atoms with Crippen molar-refractivity contribution in [2.45, 2.75) is 25.5 Å². The molecule has 0 aliphatic heterocycles. The third-order valence-electron chi connectivity index (χ3n) is 4.39. The lowest BCUT2D eigenvalue weighted by atomic mass is 9.97. The molecule has 0 atom stereocenters. The first kappa shape index (κ1) is 20.3. The molecule has 1 N–H and O–H groups in total. The molecule has 0 saturated carbocycles. The van der Waals surface area contributed by atoms with Crippen molar-refractivity contribution in [3.63, 3.8) is 0 Å². The van der Waals surface area contributed by atoms with E-state index in [0.717, 1.165) is 39.9 Å². The number of unbranched alkanes of at least 4 members (excludes halogenated alkanes) is 1. The van der Waals surface area contributed by atoms with Gasteiger partial charge in [0.15, 0.2) is 0 Å². The minimum atomic E-state index is -2.57. The largest absolute Gasteiger partial charge is 0.445 e. The monoisotopic (exact) mass is 439 g/mol. The molecule has 3 aromatic rings. The Kier molecular flexibility index (Phi) is 6.87. The molecule has 0 heterocycles. The first-order valence-corrected chi connectivity index (χ1v) is 14.0. The number of carbonyl (C=O) groups is 1. The van der Waals surface area contributed by atoms with Gasteiger partial charge in [-0.05, 0) is 40.1 Å². The zero-order chi connectivity index (χ0) is 19.3. The Morgan fingerprint density at radius 1 is 0.926 bits per heavy atom. The highest BCUT2D eigenvalue weighted by atomic mass is 35.8. The van der Waals surface area contributed by atoms with Crippen molar-refractivity contribution in [3.8, 4) is 0 Å². The van der Waals surface area contributed by atoms with E-state index in [9.17, 15) is 4.79 Å². The predicted octanol–water partition coefficient (Wildman–Crippen LogP) is 6.65. The number of halogens is 3. The van der Waals surface area contributed by atoms with Crippen LogP contribution in [0.15, 0.2) is 54.6 Å². The molecule has 0 aliphatic carbocycles. The van der Waals surface area contributed by atoms with Gasteiger partial charge in [-0.25, -0.2) is 4.79 Å². The fraction of sp³-hybridized carbons (Fsp3) is 0.250. The number of ether oxygens (including phenoxy) is 1. The maximum atomic E-state index is 12.0. The van der Waals surface area contributed by atoms with E-state index in [1.54, 1.807) is 0 Å². The van der Waals surface area contributed by atoms with Crippen LogP contribution in [-0.2, 0) is 11.3 Å². The van der Waals surface area contributed by atoms with Crippen LogP contribution < -0.4 is 5.32 Å². The lowest BCUT2D eigenvalue weighted by Crippen LogP contribution is -2.25. The van der Waals surface area contributed by atoms with Crippen molar-refractivity contribution in [2.75, 3.05) is 6.54 Å². The summed E-state index contributed by atoms with van der Waals surface area (Å²) in [6, 6.07) is 16.4. The smallest absolute Gasteiger partial charge is 0.407 e. The Bertz CT molecular complexity index is 889. The molecule has 0 aliphatic rings. The van der Waals surface area contributed by atoms with Gasteiger partial charge in [0, 0.05) is 12.1 Å². The minimum Gasteiger partial charge on any atom is -0.445 e. The average Bonchev–Trinajstić information content (AvgIpc) is 2.64. The number of fused-ring (bicyclic) bond motifs is 2. The highest BCUT2D eigenvalue weighted by Crippen LogP contribution is 2.29. The molecule has 0 spiro atoms. The number of rotatable bonds is 7. The summed E-state index contributed by atoms with van der Waals surface area (Å²) in [4.78, 5) is 12.0. The van der Waals surface area contributed by atoms with Gasteiger partial charge in [0.05, 0.1) is 0 Å². The molecule has 7 heteroatoms. The van der Waals surface area contributed by atoms with E-state index < -0.39 is 12.1 Å². The summed E-state index contributed by atoms with van der Waals surface area (Å²) in [5, 5.41) is 7.21. The summed E-state index contributed by atoms with van der Waals surface area (Å²) in [6.45, 7) is 0.721. The van der Waals surface area contributed by atoms with Crippen molar-refractivity contribution < 1.29 is 9.53 Å². The van der Waals surface area contributed by atoms with E-state index in [0.29, 0.717) is 12.6 Å². The second kappa shape index (κ2) is 9.15. The van der Waals surface area contributed by atoms with Crippen LogP contribution >= 0.6 is 33.2 Å². The number of carbonyl (C=O) groups excluding carboxylic acids is 1. The summed E-state index contributed by atoms with van der Waals surface area (Å²) >= 11 is 17.5. The maximum absolute atomic E-state index is 12.0. The van der Waals surface area contributed by atoms with Crippen molar-refractivity contribution >= 4 is 66.9 Å². The fourth-order valence-electron chi connectivity index (χ4n) is 3.09. The summed E-state index contributed by atoms with van der Waals surface area (Å²) in [5.41, 5.74) is 1.01. The van der Waals surface area contributed by atoms with Gasteiger partial charge in [-0.1, -0.05) is 55.0 Å². The maximum Gasteiger partial charge on any atom is 0.407 e. The first-order chi connectivity index (χ1) is 12.9. The van der Waals surface area contributed by atoms with Crippen LogP contribution in [0, 0.1) is 0 Å². The van der Waals surface area contributed by atoms with Gasteiger partial charge >= 0.3 is 12.1 Å². The zero-order valence-electron chi connectivity index (χ0n) is 14.7. The highest BCUT2D eigenvalue weighted by Gasteiger charge is 2.23. The van der Waals surface area contributed by atoms with Crippen LogP contribution in [0.3, 0.4) is 0 Å². The van der Waals surface area contributed by atoms with Gasteiger partial charge in [-0.2, -0.15) is 0 Å². The minimum absolute atomic E-state index is 0.217. The van der Waals surface area contributed by atoms with Gasteiger partial charge in [0.1, 0.15) is 6.61 Å². The Morgan fingerprint density at radius 3 is 2.11 bits per heavy atom. The normalized spacial score (nSPS) is 11.7. The van der Waals surface area contributed by atoms with Crippen LogP contribution in [0.2, 0.25) is 6.04 Å². The predicted molar refractivity (Wildman–Crippen MR) is 117 cm³/mol. The summed E-state index contributed by atoms with van der Waals surface area (Å²) in [7, 11) is 0. The zero-order valence-corrected chi connectivity index (χ0v) is 17.9. The molecular weight excluding hydrogens is 421 g/mol. The fourth-order valence-corrected chi connectivity index (χ4v) is 4.95. The Labute approximate surface area is 173 Å². The molecule has 0 radical (unpaired) electrons. The second-order valence-corrected chi connectivity index (χ2v) is 15.7. The molecule has 0 aromatic heterocycles. The molecule has 0 fully saturated rings. The van der Waals surface area contributed by atoms with Crippen LogP contribution in [0.5, 0.6) is 0 Å². The summed E-state index contributed by atoms with van der Waals surface area (Å²) < 4.78 is 5.47. The lowest BCUT2D eigenvalue weighted by Gasteiger charge is -2.13. The van der Waals surface area contributed by atoms with Crippen molar-refractivity contribution in [2.24, 2.45) is 0 Å². The quantitative estimate of drug-likeness (QED) is 0.193. The molecule has 3 nitrogen and oxygen atoms in total. The van der Waals surface area contributed by atoms with Gasteiger partial charge in [-0.15, -0.1) is 33.2 Å².